The van der Waals surface area contributed by atoms with E-state index in [-0.39, 0.29) is 18.7 Å². The first-order valence-corrected chi connectivity index (χ1v) is 10.1. The Morgan fingerprint density at radius 1 is 1.25 bits per heavy atom. The molecule has 28 heavy (non-hydrogen) atoms. The Morgan fingerprint density at radius 3 is 2.75 bits per heavy atom. The molecule has 1 aromatic heterocycles. The van der Waals surface area contributed by atoms with E-state index in [0.717, 1.165) is 5.56 Å². The van der Waals surface area contributed by atoms with E-state index in [2.05, 4.69) is 20.8 Å². The molecule has 0 saturated carbocycles. The van der Waals surface area contributed by atoms with Crippen LogP contribution in [0.25, 0.3) is 0 Å². The Bertz CT molecular complexity index is 866. The molecule has 1 atom stereocenters. The maximum atomic E-state index is 12.4. The van der Waals surface area contributed by atoms with Crippen molar-refractivity contribution in [1.82, 2.24) is 20.8 Å². The molecule has 0 aliphatic carbocycles. The van der Waals surface area contributed by atoms with Gasteiger partial charge < -0.3 is 19.8 Å². The third-order valence-electron chi connectivity index (χ3n) is 4.13. The van der Waals surface area contributed by atoms with E-state index in [0.29, 0.717) is 41.0 Å². The predicted molar refractivity (Wildman–Crippen MR) is 104 cm³/mol. The van der Waals surface area contributed by atoms with Gasteiger partial charge in [0.05, 0.1) is 24.6 Å². The van der Waals surface area contributed by atoms with Crippen molar-refractivity contribution in [2.24, 2.45) is 0 Å². The zero-order valence-corrected chi connectivity index (χ0v) is 16.5. The molecule has 0 fully saturated rings. The maximum absolute atomic E-state index is 12.4. The minimum Gasteiger partial charge on any atom is -0.463 e. The molecule has 2 amide bonds. The lowest BCUT2D eigenvalue weighted by molar-refractivity contribution is -0.139. The topological polar surface area (TPSA) is 106 Å². The zero-order chi connectivity index (χ0) is 19.9. The van der Waals surface area contributed by atoms with E-state index in [4.69, 9.17) is 9.15 Å². The third-order valence-corrected chi connectivity index (χ3v) is 4.98. The van der Waals surface area contributed by atoms with E-state index >= 15 is 0 Å². The van der Waals surface area contributed by atoms with Gasteiger partial charge in [0, 0.05) is 11.4 Å². The van der Waals surface area contributed by atoms with E-state index in [1.165, 1.54) is 11.8 Å². The molecule has 2 heterocycles. The number of nitrogens with one attached hydrogen (secondary N) is 2. The molecular weight excluding hydrogens is 380 g/mol. The number of ether oxygens (including phenoxy) is 1. The van der Waals surface area contributed by atoms with Crippen LogP contribution in [-0.2, 0) is 16.0 Å². The molecule has 1 aromatic carbocycles. The van der Waals surface area contributed by atoms with Crippen molar-refractivity contribution >= 4 is 23.8 Å². The smallest absolute Gasteiger partial charge is 0.337 e. The summed E-state index contributed by atoms with van der Waals surface area (Å²) in [5, 5.41) is 13.9. The summed E-state index contributed by atoms with van der Waals surface area (Å²) in [7, 11) is 0. The minimum atomic E-state index is -0.437. The van der Waals surface area contributed by atoms with Gasteiger partial charge in [-0.1, -0.05) is 49.0 Å². The van der Waals surface area contributed by atoms with Crippen molar-refractivity contribution in [3.8, 4) is 0 Å². The highest BCUT2D eigenvalue weighted by Crippen LogP contribution is 2.24. The third kappa shape index (κ3) is 4.92. The fourth-order valence-electron chi connectivity index (χ4n) is 2.85. The van der Waals surface area contributed by atoms with Crippen molar-refractivity contribution in [3.05, 3.63) is 53.1 Å². The quantitative estimate of drug-likeness (QED) is 0.516. The van der Waals surface area contributed by atoms with Gasteiger partial charge in [-0.15, -0.1) is 10.2 Å². The highest BCUT2D eigenvalue weighted by molar-refractivity contribution is 7.99. The monoisotopic (exact) mass is 402 g/mol. The lowest BCUT2D eigenvalue weighted by Gasteiger charge is -2.28. The van der Waals surface area contributed by atoms with Crippen LogP contribution in [0.3, 0.4) is 0 Å². The van der Waals surface area contributed by atoms with Crippen molar-refractivity contribution in [3.63, 3.8) is 0 Å². The minimum absolute atomic E-state index is 0.264. The van der Waals surface area contributed by atoms with Gasteiger partial charge in [0.2, 0.25) is 5.89 Å². The van der Waals surface area contributed by atoms with Crippen LogP contribution in [0.15, 0.2) is 51.2 Å². The van der Waals surface area contributed by atoms with Crippen LogP contribution >= 0.6 is 11.8 Å². The summed E-state index contributed by atoms with van der Waals surface area (Å²) in [6, 6.07) is 9.10. The fraction of sp³-hybridized carbons (Fsp3) is 0.368. The van der Waals surface area contributed by atoms with Gasteiger partial charge in [0.1, 0.15) is 0 Å². The average Bonchev–Trinajstić information content (AvgIpc) is 3.14. The SMILES string of the molecule is CCOC(=O)C1=C(CSc2nnc(Cc3ccccc3)o2)NC(=O)NC1CC. The molecule has 1 aliphatic heterocycles. The first-order valence-electron chi connectivity index (χ1n) is 9.07. The van der Waals surface area contributed by atoms with Crippen molar-refractivity contribution in [1.29, 1.82) is 0 Å². The highest BCUT2D eigenvalue weighted by Gasteiger charge is 2.31. The Kier molecular flexibility index (Phi) is 6.70. The number of amides is 2. The number of benzene rings is 1. The lowest BCUT2D eigenvalue weighted by atomic mass is 10.0. The molecule has 2 N–H and O–H groups in total. The van der Waals surface area contributed by atoms with Crippen molar-refractivity contribution in [2.75, 3.05) is 12.4 Å². The Balaban J connectivity index is 1.72. The van der Waals surface area contributed by atoms with Crippen LogP contribution in [0.2, 0.25) is 0 Å². The summed E-state index contributed by atoms with van der Waals surface area (Å²) >= 11 is 1.26. The Hall–Kier alpha value is -2.81. The molecule has 0 bridgehead atoms. The number of hydrogen-bond acceptors (Lipinski definition) is 7. The number of esters is 1. The van der Waals surface area contributed by atoms with Gasteiger partial charge in [-0.2, -0.15) is 0 Å². The molecule has 3 rings (SSSR count). The second-order valence-corrected chi connectivity index (χ2v) is 7.01. The molecule has 0 radical (unpaired) electrons. The number of nitrogens with zero attached hydrogens (tertiary/aromatic N) is 2. The molecule has 1 aliphatic rings. The van der Waals surface area contributed by atoms with E-state index in [1.54, 1.807) is 6.92 Å². The number of hydrogen-bond donors (Lipinski definition) is 2. The van der Waals surface area contributed by atoms with Crippen LogP contribution in [-0.4, -0.2) is 40.6 Å². The average molecular weight is 402 g/mol. The lowest BCUT2D eigenvalue weighted by Crippen LogP contribution is -2.50. The van der Waals surface area contributed by atoms with E-state index < -0.39 is 5.97 Å². The van der Waals surface area contributed by atoms with Crippen LogP contribution in [0.5, 0.6) is 0 Å². The molecule has 148 valence electrons. The number of rotatable bonds is 8. The normalized spacial score (nSPS) is 16.5. The zero-order valence-electron chi connectivity index (χ0n) is 15.7. The van der Waals surface area contributed by atoms with Crippen molar-refractivity contribution < 1.29 is 18.7 Å². The summed E-state index contributed by atoms with van der Waals surface area (Å²) in [6.07, 6.45) is 1.13. The summed E-state index contributed by atoms with van der Waals surface area (Å²) in [5.41, 5.74) is 2.01. The molecule has 1 unspecified atom stereocenters. The van der Waals surface area contributed by atoms with E-state index in [9.17, 15) is 9.59 Å². The van der Waals surface area contributed by atoms with Gasteiger partial charge in [-0.3, -0.25) is 0 Å². The van der Waals surface area contributed by atoms with E-state index in [1.807, 2.05) is 37.3 Å². The number of urea groups is 1. The van der Waals surface area contributed by atoms with Gasteiger partial charge in [0.25, 0.3) is 5.22 Å². The van der Waals surface area contributed by atoms with Crippen LogP contribution < -0.4 is 10.6 Å². The molecular formula is C19H22N4O4S. The molecule has 0 spiro atoms. The number of carbonyl (C=O) groups is 2. The van der Waals surface area contributed by atoms with Gasteiger partial charge in [-0.25, -0.2) is 9.59 Å². The Labute approximate surface area is 167 Å². The molecule has 8 nitrogen and oxygen atoms in total. The second kappa shape index (κ2) is 9.41. The largest absolute Gasteiger partial charge is 0.463 e. The highest BCUT2D eigenvalue weighted by atomic mass is 32.2. The number of aromatic nitrogens is 2. The van der Waals surface area contributed by atoms with Gasteiger partial charge >= 0.3 is 12.0 Å². The Morgan fingerprint density at radius 2 is 2.04 bits per heavy atom. The number of carbonyl (C=O) groups excluding carboxylic acids is 2. The first-order chi connectivity index (χ1) is 13.6. The predicted octanol–water partition coefficient (Wildman–Crippen LogP) is 2.66. The van der Waals surface area contributed by atoms with Gasteiger partial charge in [0.15, 0.2) is 0 Å². The summed E-state index contributed by atoms with van der Waals surface area (Å²) < 4.78 is 10.8. The molecule has 2 aromatic rings. The fourth-order valence-corrected chi connectivity index (χ4v) is 3.60. The second-order valence-electron chi connectivity index (χ2n) is 6.08. The van der Waals surface area contributed by atoms with Crippen LogP contribution in [0, 0.1) is 0 Å². The van der Waals surface area contributed by atoms with Crippen LogP contribution in [0.4, 0.5) is 4.79 Å². The number of thioether (sulfide) groups is 1. The summed E-state index contributed by atoms with van der Waals surface area (Å²) in [5.74, 6) is 0.382. The van der Waals surface area contributed by atoms with Crippen LogP contribution in [0.1, 0.15) is 31.7 Å². The summed E-state index contributed by atoms with van der Waals surface area (Å²) in [6.45, 7) is 3.91. The summed E-state index contributed by atoms with van der Waals surface area (Å²) in [4.78, 5) is 24.3. The maximum Gasteiger partial charge on any atom is 0.337 e. The van der Waals surface area contributed by atoms with Gasteiger partial charge in [-0.05, 0) is 18.9 Å². The van der Waals surface area contributed by atoms with Crippen molar-refractivity contribution in [2.45, 2.75) is 38.0 Å². The first kappa shape index (κ1) is 19.9. The standard InChI is InChI=1S/C19H22N4O4S/c1-3-13-16(17(24)26-4-2)14(21-18(25)20-13)11-28-19-23-22-15(27-19)10-12-8-6-5-7-9-12/h5-9,13H,3-4,10-11H2,1-2H3,(H2,20,21,25). The molecule has 0 saturated heterocycles. The molecule has 9 heteroatoms.